The molecular weight excluding hydrogens is 274 g/mol. The summed E-state index contributed by atoms with van der Waals surface area (Å²) >= 11 is 0. The van der Waals surface area contributed by atoms with Crippen molar-refractivity contribution in [3.05, 3.63) is 22.1 Å². The van der Waals surface area contributed by atoms with Gasteiger partial charge in [-0.15, -0.1) is 0 Å². The van der Waals surface area contributed by atoms with E-state index in [1.165, 1.54) is 11.7 Å². The summed E-state index contributed by atoms with van der Waals surface area (Å²) in [5.74, 6) is 0.105. The number of ether oxygens (including phenoxy) is 1. The van der Waals surface area contributed by atoms with E-state index in [0.717, 1.165) is 26.2 Å². The highest BCUT2D eigenvalue weighted by atomic mass is 16.5. The molecule has 0 amide bonds. The number of imidazole rings is 1. The van der Waals surface area contributed by atoms with Gasteiger partial charge in [0, 0.05) is 33.2 Å². The highest BCUT2D eigenvalue weighted by Gasteiger charge is 2.19. The molecule has 21 heavy (non-hydrogen) atoms. The van der Waals surface area contributed by atoms with Gasteiger partial charge >= 0.3 is 5.97 Å². The maximum atomic E-state index is 12.3. The van der Waals surface area contributed by atoms with Crippen molar-refractivity contribution in [3.63, 3.8) is 0 Å². The van der Waals surface area contributed by atoms with Crippen LogP contribution in [-0.2, 0) is 11.8 Å². The Kier molecular flexibility index (Phi) is 3.38. The van der Waals surface area contributed by atoms with Crippen LogP contribution in [0.2, 0.25) is 0 Å². The van der Waals surface area contributed by atoms with Crippen LogP contribution in [0.5, 0.6) is 0 Å². The Balaban J connectivity index is 2.10. The van der Waals surface area contributed by atoms with E-state index < -0.39 is 5.97 Å². The average molecular weight is 291 g/mol. The predicted molar refractivity (Wildman–Crippen MR) is 77.8 cm³/mol. The van der Waals surface area contributed by atoms with E-state index in [2.05, 4.69) is 24.9 Å². The molecular formula is C13H17N5O3. The number of nitrogens with zero attached hydrogens (tertiary/aromatic N) is 3. The van der Waals surface area contributed by atoms with Crippen molar-refractivity contribution in [2.45, 2.75) is 0 Å². The minimum atomic E-state index is -0.553. The Hall–Kier alpha value is -2.35. The Bertz CT molecular complexity index is 742. The molecule has 0 unspecified atom stereocenters. The van der Waals surface area contributed by atoms with Crippen LogP contribution in [0.3, 0.4) is 0 Å². The third kappa shape index (κ3) is 2.27. The highest BCUT2D eigenvalue weighted by molar-refractivity contribution is 5.91. The van der Waals surface area contributed by atoms with Gasteiger partial charge in [0.2, 0.25) is 5.95 Å². The van der Waals surface area contributed by atoms with Gasteiger partial charge in [-0.2, -0.15) is 0 Å². The summed E-state index contributed by atoms with van der Waals surface area (Å²) < 4.78 is 5.96. The second-order valence-corrected chi connectivity index (χ2v) is 4.94. The zero-order chi connectivity index (χ0) is 15.0. The quantitative estimate of drug-likeness (QED) is 0.722. The summed E-state index contributed by atoms with van der Waals surface area (Å²) in [6.45, 7) is 3.40. The number of piperazine rings is 1. The number of hydrogen-bond donors (Lipinski definition) is 2. The van der Waals surface area contributed by atoms with Gasteiger partial charge in [-0.05, 0) is 6.07 Å². The first kappa shape index (κ1) is 13.6. The van der Waals surface area contributed by atoms with E-state index in [1.54, 1.807) is 13.1 Å². The van der Waals surface area contributed by atoms with Gasteiger partial charge in [0.1, 0.15) is 11.2 Å². The van der Waals surface area contributed by atoms with Crippen molar-refractivity contribution in [1.82, 2.24) is 19.9 Å². The highest BCUT2D eigenvalue weighted by Crippen LogP contribution is 2.16. The minimum absolute atomic E-state index is 0.188. The van der Waals surface area contributed by atoms with E-state index in [0.29, 0.717) is 17.0 Å². The average Bonchev–Trinajstić information content (AvgIpc) is 2.95. The number of H-pyrrole nitrogens is 1. The van der Waals surface area contributed by atoms with Crippen molar-refractivity contribution in [2.75, 3.05) is 38.2 Å². The molecule has 8 heteroatoms. The fourth-order valence-corrected chi connectivity index (χ4v) is 2.47. The van der Waals surface area contributed by atoms with Gasteiger partial charge in [-0.3, -0.25) is 4.79 Å². The summed E-state index contributed by atoms with van der Waals surface area (Å²) in [5, 5.41) is 3.26. The molecule has 1 aliphatic rings. The van der Waals surface area contributed by atoms with E-state index >= 15 is 0 Å². The van der Waals surface area contributed by atoms with E-state index in [9.17, 15) is 9.59 Å². The third-order valence-electron chi connectivity index (χ3n) is 3.68. The zero-order valence-electron chi connectivity index (χ0n) is 12.0. The molecule has 0 saturated carbocycles. The number of anilines is 1. The summed E-state index contributed by atoms with van der Waals surface area (Å²) in [5.41, 5.74) is 0.779. The van der Waals surface area contributed by atoms with E-state index in [4.69, 9.17) is 0 Å². The number of hydrogen-bond acceptors (Lipinski definition) is 6. The molecule has 1 aliphatic heterocycles. The second kappa shape index (κ2) is 5.21. The molecule has 1 saturated heterocycles. The minimum Gasteiger partial charge on any atom is -0.464 e. The fourth-order valence-electron chi connectivity index (χ4n) is 2.47. The van der Waals surface area contributed by atoms with Crippen LogP contribution in [0, 0.1) is 0 Å². The number of esters is 1. The summed E-state index contributed by atoms with van der Waals surface area (Å²) in [4.78, 5) is 33.6. The number of rotatable bonds is 2. The number of carbonyl (C=O) groups is 1. The normalized spacial score (nSPS) is 15.4. The maximum Gasteiger partial charge on any atom is 0.354 e. The molecule has 0 aromatic carbocycles. The first-order valence-electron chi connectivity index (χ1n) is 6.75. The molecule has 0 spiro atoms. The Morgan fingerprint density at radius 2 is 2.10 bits per heavy atom. The Labute approximate surface area is 120 Å². The predicted octanol–water partition coefficient (Wildman–Crippen LogP) is -0.542. The number of methoxy groups -OCH3 is 1. The van der Waals surface area contributed by atoms with E-state index in [1.807, 2.05) is 0 Å². The summed E-state index contributed by atoms with van der Waals surface area (Å²) in [6.07, 6.45) is 0. The molecule has 112 valence electrons. The lowest BCUT2D eigenvalue weighted by atomic mass is 10.3. The molecule has 2 aromatic heterocycles. The van der Waals surface area contributed by atoms with E-state index in [-0.39, 0.29) is 11.3 Å². The molecule has 0 bridgehead atoms. The van der Waals surface area contributed by atoms with Crippen LogP contribution in [0.25, 0.3) is 11.0 Å². The molecule has 8 nitrogen and oxygen atoms in total. The molecule has 0 aliphatic carbocycles. The van der Waals surface area contributed by atoms with Crippen molar-refractivity contribution in [2.24, 2.45) is 7.05 Å². The smallest absolute Gasteiger partial charge is 0.354 e. The Morgan fingerprint density at radius 3 is 2.76 bits per heavy atom. The van der Waals surface area contributed by atoms with Gasteiger partial charge in [0.25, 0.3) is 5.56 Å². The number of aromatic amines is 1. The van der Waals surface area contributed by atoms with Gasteiger partial charge in [0.15, 0.2) is 0 Å². The third-order valence-corrected chi connectivity index (χ3v) is 3.68. The summed E-state index contributed by atoms with van der Waals surface area (Å²) in [7, 11) is 2.83. The molecule has 1 fully saturated rings. The van der Waals surface area contributed by atoms with Gasteiger partial charge in [-0.25, -0.2) is 9.78 Å². The first-order chi connectivity index (χ1) is 10.1. The van der Waals surface area contributed by atoms with Gasteiger partial charge in [-0.1, -0.05) is 0 Å². The molecule has 3 heterocycles. The number of pyridine rings is 1. The van der Waals surface area contributed by atoms with Crippen LogP contribution in [0.15, 0.2) is 10.9 Å². The monoisotopic (exact) mass is 291 g/mol. The zero-order valence-corrected chi connectivity index (χ0v) is 12.0. The number of carbonyl (C=O) groups excluding carboxylic acids is 1. The molecule has 0 atom stereocenters. The molecule has 2 N–H and O–H groups in total. The van der Waals surface area contributed by atoms with Crippen LogP contribution in [0.4, 0.5) is 5.95 Å². The standard InChI is InChI=1S/C13H17N5O3/c1-17-9(12(20)21-2)7-8-10(11(17)19)16-13(15-8)18-5-3-14-4-6-18/h7,14H,3-6H2,1-2H3,(H,15,16). The van der Waals surface area contributed by atoms with Crippen LogP contribution in [0.1, 0.15) is 10.5 Å². The number of nitrogens with one attached hydrogen (secondary N) is 2. The second-order valence-electron chi connectivity index (χ2n) is 4.94. The van der Waals surface area contributed by atoms with Crippen molar-refractivity contribution < 1.29 is 9.53 Å². The largest absolute Gasteiger partial charge is 0.464 e. The first-order valence-corrected chi connectivity index (χ1v) is 6.75. The fraction of sp³-hybridized carbons (Fsp3) is 0.462. The van der Waals surface area contributed by atoms with Crippen molar-refractivity contribution >= 4 is 23.0 Å². The topological polar surface area (TPSA) is 92.2 Å². The van der Waals surface area contributed by atoms with Crippen molar-refractivity contribution in [3.8, 4) is 0 Å². The molecule has 0 radical (unpaired) electrons. The molecule has 3 rings (SSSR count). The Morgan fingerprint density at radius 1 is 1.38 bits per heavy atom. The lowest BCUT2D eigenvalue weighted by molar-refractivity contribution is 0.0588. The lowest BCUT2D eigenvalue weighted by Crippen LogP contribution is -2.44. The molecule has 2 aromatic rings. The van der Waals surface area contributed by atoms with Gasteiger partial charge < -0.3 is 24.5 Å². The van der Waals surface area contributed by atoms with Crippen molar-refractivity contribution in [1.29, 1.82) is 0 Å². The van der Waals surface area contributed by atoms with Gasteiger partial charge in [0.05, 0.1) is 12.6 Å². The van der Waals surface area contributed by atoms with Crippen LogP contribution in [-0.4, -0.2) is 53.8 Å². The SMILES string of the molecule is COC(=O)c1cc2nc(N3CCNCC3)[nH]c2c(=O)n1C. The number of aromatic nitrogens is 3. The van der Waals surface area contributed by atoms with Crippen LogP contribution >= 0.6 is 0 Å². The number of fused-ring (bicyclic) bond motifs is 1. The van der Waals surface area contributed by atoms with Crippen LogP contribution < -0.4 is 15.8 Å². The maximum absolute atomic E-state index is 12.3. The summed E-state index contributed by atoms with van der Waals surface area (Å²) in [6, 6.07) is 1.57. The lowest BCUT2D eigenvalue weighted by Gasteiger charge is -2.26.